The molecule has 5 nitrogen and oxygen atoms in total. The van der Waals surface area contributed by atoms with E-state index in [2.05, 4.69) is 14.9 Å². The van der Waals surface area contributed by atoms with Gasteiger partial charge in [0.15, 0.2) is 5.82 Å². The van der Waals surface area contributed by atoms with Crippen LogP contribution in [0.2, 0.25) is 5.02 Å². The van der Waals surface area contributed by atoms with Gasteiger partial charge in [-0.3, -0.25) is 0 Å². The first-order valence-corrected chi connectivity index (χ1v) is 6.75. The summed E-state index contributed by atoms with van der Waals surface area (Å²) in [5.74, 6) is 0.860. The molecule has 1 aromatic rings. The fourth-order valence-electron chi connectivity index (χ4n) is 2.53. The Balaban J connectivity index is 2.24. The van der Waals surface area contributed by atoms with Crippen LogP contribution in [0.3, 0.4) is 0 Å². The average Bonchev–Trinajstić information content (AvgIpc) is 2.40. The summed E-state index contributed by atoms with van der Waals surface area (Å²) >= 11 is 6.14. The number of aromatic nitrogens is 2. The smallest absolute Gasteiger partial charge is 0.222 e. The number of nitrogens with two attached hydrogens (primary N) is 1. The number of nitrogen functional groups attached to an aromatic ring is 1. The maximum atomic E-state index is 9.23. The van der Waals surface area contributed by atoms with Crippen molar-refractivity contribution < 1.29 is 5.11 Å². The van der Waals surface area contributed by atoms with Crippen molar-refractivity contribution in [2.45, 2.75) is 38.1 Å². The number of halogens is 1. The number of rotatable bonds is 4. The summed E-state index contributed by atoms with van der Waals surface area (Å²) in [4.78, 5) is 10.2. The van der Waals surface area contributed by atoms with Crippen LogP contribution in [0, 0.1) is 0 Å². The van der Waals surface area contributed by atoms with Crippen molar-refractivity contribution in [3.05, 3.63) is 11.2 Å². The van der Waals surface area contributed by atoms with Gasteiger partial charge in [0.05, 0.1) is 12.8 Å². The SMILES string of the molecule is Nc1ncc(Cl)c(N(CCO)C2CCCCC2)n1. The second kappa shape index (κ2) is 6.20. The average molecular weight is 271 g/mol. The standard InChI is InChI=1S/C12H19ClN4O/c13-10-8-15-12(14)16-11(10)17(6-7-18)9-4-2-1-3-5-9/h8-9,18H,1-7H2,(H2,14,15,16). The molecule has 0 aliphatic heterocycles. The fraction of sp³-hybridized carbons (Fsp3) is 0.667. The second-order valence-corrected chi connectivity index (χ2v) is 5.02. The van der Waals surface area contributed by atoms with Gasteiger partial charge >= 0.3 is 0 Å². The van der Waals surface area contributed by atoms with Crippen LogP contribution < -0.4 is 10.6 Å². The molecule has 1 aliphatic rings. The van der Waals surface area contributed by atoms with E-state index in [-0.39, 0.29) is 12.6 Å². The zero-order valence-corrected chi connectivity index (χ0v) is 11.1. The predicted octanol–water partition coefficient (Wildman–Crippen LogP) is 1.84. The third kappa shape index (κ3) is 3.03. The van der Waals surface area contributed by atoms with Crippen molar-refractivity contribution in [2.24, 2.45) is 0 Å². The molecule has 3 N–H and O–H groups in total. The molecule has 0 atom stereocenters. The van der Waals surface area contributed by atoms with Crippen LogP contribution in [-0.4, -0.2) is 34.3 Å². The van der Waals surface area contributed by atoms with E-state index in [0.717, 1.165) is 12.8 Å². The normalized spacial score (nSPS) is 16.8. The minimum absolute atomic E-state index is 0.0801. The molecule has 1 aliphatic carbocycles. The fourth-order valence-corrected chi connectivity index (χ4v) is 2.73. The summed E-state index contributed by atoms with van der Waals surface area (Å²) in [6.07, 6.45) is 7.45. The topological polar surface area (TPSA) is 75.3 Å². The first-order valence-electron chi connectivity index (χ1n) is 6.38. The van der Waals surface area contributed by atoms with Crippen molar-refractivity contribution in [2.75, 3.05) is 23.8 Å². The molecule has 1 fully saturated rings. The molecule has 100 valence electrons. The first kappa shape index (κ1) is 13.4. The molecule has 0 amide bonds. The summed E-state index contributed by atoms with van der Waals surface area (Å²) in [5.41, 5.74) is 5.62. The molecule has 18 heavy (non-hydrogen) atoms. The Hall–Kier alpha value is -1.07. The zero-order chi connectivity index (χ0) is 13.0. The van der Waals surface area contributed by atoms with E-state index in [1.54, 1.807) is 0 Å². The highest BCUT2D eigenvalue weighted by molar-refractivity contribution is 6.32. The monoisotopic (exact) mass is 270 g/mol. The second-order valence-electron chi connectivity index (χ2n) is 4.61. The van der Waals surface area contributed by atoms with Gasteiger partial charge in [0.25, 0.3) is 0 Å². The Morgan fingerprint density at radius 2 is 2.11 bits per heavy atom. The molecule has 0 radical (unpaired) electrons. The molecular weight excluding hydrogens is 252 g/mol. The summed E-state index contributed by atoms with van der Waals surface area (Å²) in [5, 5.41) is 9.72. The lowest BCUT2D eigenvalue weighted by Gasteiger charge is -2.35. The summed E-state index contributed by atoms with van der Waals surface area (Å²) < 4.78 is 0. The van der Waals surface area contributed by atoms with E-state index in [0.29, 0.717) is 23.4 Å². The van der Waals surface area contributed by atoms with E-state index in [1.165, 1.54) is 25.5 Å². The first-order chi connectivity index (χ1) is 8.72. The minimum atomic E-state index is 0.0801. The van der Waals surface area contributed by atoms with Gasteiger partial charge in [0, 0.05) is 12.6 Å². The highest BCUT2D eigenvalue weighted by Gasteiger charge is 2.24. The predicted molar refractivity (Wildman–Crippen MR) is 72.8 cm³/mol. The van der Waals surface area contributed by atoms with Crippen molar-refractivity contribution in [3.63, 3.8) is 0 Å². The van der Waals surface area contributed by atoms with E-state index >= 15 is 0 Å². The Bertz CT molecular complexity index is 396. The summed E-state index contributed by atoms with van der Waals surface area (Å²) in [7, 11) is 0. The zero-order valence-electron chi connectivity index (χ0n) is 10.3. The molecule has 0 saturated heterocycles. The number of aliphatic hydroxyl groups is 1. The highest BCUT2D eigenvalue weighted by Crippen LogP contribution is 2.30. The van der Waals surface area contributed by atoms with Gasteiger partial charge in [-0.25, -0.2) is 4.98 Å². The molecule has 2 rings (SSSR count). The van der Waals surface area contributed by atoms with Crippen LogP contribution in [0.5, 0.6) is 0 Å². The van der Waals surface area contributed by atoms with Gasteiger partial charge in [-0.2, -0.15) is 4.98 Å². The number of aliphatic hydroxyl groups excluding tert-OH is 1. The number of hydrogen-bond donors (Lipinski definition) is 2. The maximum Gasteiger partial charge on any atom is 0.222 e. The van der Waals surface area contributed by atoms with Gasteiger partial charge < -0.3 is 15.7 Å². The highest BCUT2D eigenvalue weighted by atomic mass is 35.5. The van der Waals surface area contributed by atoms with Crippen molar-refractivity contribution in [1.82, 2.24) is 9.97 Å². The lowest BCUT2D eigenvalue weighted by Crippen LogP contribution is -2.39. The summed E-state index contributed by atoms with van der Waals surface area (Å²) in [6.45, 7) is 0.609. The lowest BCUT2D eigenvalue weighted by atomic mass is 9.94. The van der Waals surface area contributed by atoms with Crippen LogP contribution >= 0.6 is 11.6 Å². The van der Waals surface area contributed by atoms with Crippen molar-refractivity contribution in [3.8, 4) is 0 Å². The lowest BCUT2D eigenvalue weighted by molar-refractivity contribution is 0.289. The van der Waals surface area contributed by atoms with Gasteiger partial charge in [-0.1, -0.05) is 30.9 Å². The van der Waals surface area contributed by atoms with E-state index < -0.39 is 0 Å². The minimum Gasteiger partial charge on any atom is -0.395 e. The quantitative estimate of drug-likeness (QED) is 0.873. The Morgan fingerprint density at radius 1 is 1.39 bits per heavy atom. The number of hydrogen-bond acceptors (Lipinski definition) is 5. The van der Waals surface area contributed by atoms with Crippen LogP contribution in [0.4, 0.5) is 11.8 Å². The van der Waals surface area contributed by atoms with Gasteiger partial charge in [0.2, 0.25) is 5.95 Å². The van der Waals surface area contributed by atoms with Gasteiger partial charge in [0.1, 0.15) is 5.02 Å². The molecule has 1 saturated carbocycles. The van der Waals surface area contributed by atoms with E-state index in [1.807, 2.05) is 0 Å². The molecule has 0 bridgehead atoms. The third-order valence-electron chi connectivity index (χ3n) is 3.37. The Kier molecular flexibility index (Phi) is 4.60. The van der Waals surface area contributed by atoms with Crippen LogP contribution in [0.25, 0.3) is 0 Å². The number of anilines is 2. The molecule has 0 unspecified atom stereocenters. The molecule has 6 heteroatoms. The van der Waals surface area contributed by atoms with Crippen molar-refractivity contribution >= 4 is 23.4 Å². The summed E-state index contributed by atoms with van der Waals surface area (Å²) in [6, 6.07) is 0.387. The molecule has 1 aromatic heterocycles. The molecule has 0 aromatic carbocycles. The maximum absolute atomic E-state index is 9.23. The van der Waals surface area contributed by atoms with Crippen LogP contribution in [-0.2, 0) is 0 Å². The third-order valence-corrected chi connectivity index (χ3v) is 3.64. The molecule has 0 spiro atoms. The van der Waals surface area contributed by atoms with Gasteiger partial charge in [-0.05, 0) is 12.8 Å². The van der Waals surface area contributed by atoms with Gasteiger partial charge in [-0.15, -0.1) is 0 Å². The van der Waals surface area contributed by atoms with Crippen LogP contribution in [0.15, 0.2) is 6.20 Å². The molecular formula is C12H19ClN4O. The Labute approximate surface area is 112 Å². The largest absolute Gasteiger partial charge is 0.395 e. The van der Waals surface area contributed by atoms with E-state index in [9.17, 15) is 5.11 Å². The van der Waals surface area contributed by atoms with E-state index in [4.69, 9.17) is 17.3 Å². The van der Waals surface area contributed by atoms with Crippen LogP contribution in [0.1, 0.15) is 32.1 Å². The molecule has 1 heterocycles. The number of nitrogens with zero attached hydrogens (tertiary/aromatic N) is 3. The van der Waals surface area contributed by atoms with Crippen molar-refractivity contribution in [1.29, 1.82) is 0 Å². The Morgan fingerprint density at radius 3 is 2.78 bits per heavy atom.